The molecule has 0 aromatic heterocycles. The summed E-state index contributed by atoms with van der Waals surface area (Å²) in [6, 6.07) is 20.0. The van der Waals surface area contributed by atoms with Gasteiger partial charge in [0, 0.05) is 5.92 Å². The van der Waals surface area contributed by atoms with Crippen LogP contribution in [0.1, 0.15) is 24.8 Å². The fourth-order valence-corrected chi connectivity index (χ4v) is 2.90. The molecular weight excluding hydrogens is 216 g/mol. The Morgan fingerprint density at radius 1 is 0.667 bits per heavy atom. The average molecular weight is 231 g/mol. The second-order valence-corrected chi connectivity index (χ2v) is 5.18. The van der Waals surface area contributed by atoms with Crippen LogP contribution in [0.25, 0.3) is 21.5 Å². The summed E-state index contributed by atoms with van der Waals surface area (Å²) in [5, 5.41) is 5.47. The predicted octanol–water partition coefficient (Wildman–Crippen LogP) is 5.10. The molecule has 0 heteroatoms. The Kier molecular flexibility index (Phi) is 2.16. The summed E-state index contributed by atoms with van der Waals surface area (Å²) in [4.78, 5) is 0. The van der Waals surface area contributed by atoms with Crippen LogP contribution in [0.2, 0.25) is 0 Å². The summed E-state index contributed by atoms with van der Waals surface area (Å²) in [6.07, 6.45) is 3.93. The lowest BCUT2D eigenvalue weighted by molar-refractivity contribution is 0.579. The van der Waals surface area contributed by atoms with E-state index in [1.807, 2.05) is 0 Å². The van der Waals surface area contributed by atoms with Crippen LogP contribution in [0, 0.1) is 5.92 Å². The van der Waals surface area contributed by atoms with E-state index in [0.717, 1.165) is 0 Å². The van der Waals surface area contributed by atoms with E-state index in [0.29, 0.717) is 0 Å². The van der Waals surface area contributed by atoms with Crippen LogP contribution < -0.4 is 0 Å². The van der Waals surface area contributed by atoms with Crippen molar-refractivity contribution < 1.29 is 0 Å². The molecule has 0 amide bonds. The van der Waals surface area contributed by atoms with Crippen LogP contribution in [0.4, 0.5) is 0 Å². The van der Waals surface area contributed by atoms with Gasteiger partial charge in [0.25, 0.3) is 0 Å². The van der Waals surface area contributed by atoms with Gasteiger partial charge in [-0.05, 0) is 52.1 Å². The fourth-order valence-electron chi connectivity index (χ4n) is 2.90. The maximum absolute atomic E-state index is 2.35. The quantitative estimate of drug-likeness (QED) is 0.511. The first-order valence-electron chi connectivity index (χ1n) is 6.68. The zero-order valence-corrected chi connectivity index (χ0v) is 10.3. The van der Waals surface area contributed by atoms with E-state index in [-0.39, 0.29) is 0 Å². The molecule has 0 saturated heterocycles. The summed E-state index contributed by atoms with van der Waals surface area (Å²) in [5.74, 6) is 1.64. The maximum Gasteiger partial charge on any atom is 0.00562 e. The Labute approximate surface area is 107 Å². The van der Waals surface area contributed by atoms with Crippen molar-refractivity contribution in [1.82, 2.24) is 0 Å². The molecule has 4 rings (SSSR count). The molecule has 1 fully saturated rings. The lowest BCUT2D eigenvalue weighted by Gasteiger charge is -2.26. The van der Waals surface area contributed by atoms with Crippen molar-refractivity contribution in [3.8, 4) is 0 Å². The van der Waals surface area contributed by atoms with E-state index >= 15 is 0 Å². The molecule has 0 spiro atoms. The highest BCUT2D eigenvalue weighted by Gasteiger charge is 2.21. The standard InChI is InChI=1S/C18H15/c1-2-6-15-12-18-16(11-14(15)5-1)9-4-10-17(18)13-7-3-8-13/h1-2,4-6,9-12H,3,7-8H2. The van der Waals surface area contributed by atoms with E-state index in [1.54, 1.807) is 5.92 Å². The zero-order valence-electron chi connectivity index (χ0n) is 10.3. The minimum atomic E-state index is 1.28. The van der Waals surface area contributed by atoms with E-state index in [2.05, 4.69) is 54.6 Å². The molecule has 1 saturated carbocycles. The topological polar surface area (TPSA) is 0 Å². The van der Waals surface area contributed by atoms with Crippen LogP contribution in [-0.2, 0) is 0 Å². The van der Waals surface area contributed by atoms with Gasteiger partial charge in [0.2, 0.25) is 0 Å². The molecule has 0 heterocycles. The summed E-state index contributed by atoms with van der Waals surface area (Å²) in [7, 11) is 0. The van der Waals surface area contributed by atoms with Crippen LogP contribution in [0.15, 0.2) is 54.6 Å². The third-order valence-corrected chi connectivity index (χ3v) is 4.08. The first kappa shape index (κ1) is 10.1. The Hall–Kier alpha value is -1.82. The van der Waals surface area contributed by atoms with Crippen molar-refractivity contribution in [1.29, 1.82) is 0 Å². The first-order valence-corrected chi connectivity index (χ1v) is 6.68. The SMILES string of the molecule is c1ccc2cc3c([C]4CCC4)cccc3cc2c1. The Morgan fingerprint density at radius 2 is 1.39 bits per heavy atom. The summed E-state index contributed by atoms with van der Waals surface area (Å²) < 4.78 is 0. The van der Waals surface area contributed by atoms with Gasteiger partial charge >= 0.3 is 0 Å². The van der Waals surface area contributed by atoms with Gasteiger partial charge in [-0.25, -0.2) is 0 Å². The van der Waals surface area contributed by atoms with Crippen LogP contribution in [0.5, 0.6) is 0 Å². The van der Waals surface area contributed by atoms with E-state index in [9.17, 15) is 0 Å². The monoisotopic (exact) mass is 231 g/mol. The van der Waals surface area contributed by atoms with Gasteiger partial charge < -0.3 is 0 Å². The van der Waals surface area contributed by atoms with Crippen LogP contribution >= 0.6 is 0 Å². The molecule has 1 radical (unpaired) electrons. The number of hydrogen-bond donors (Lipinski definition) is 0. The molecule has 3 aromatic carbocycles. The van der Waals surface area contributed by atoms with Crippen molar-refractivity contribution in [2.24, 2.45) is 0 Å². The summed E-state index contributed by atoms with van der Waals surface area (Å²) in [5.41, 5.74) is 1.48. The number of hydrogen-bond acceptors (Lipinski definition) is 0. The highest BCUT2D eigenvalue weighted by atomic mass is 14.3. The molecular formula is C18H15. The molecule has 0 bridgehead atoms. The third kappa shape index (κ3) is 1.45. The van der Waals surface area contributed by atoms with E-state index < -0.39 is 0 Å². The Balaban J connectivity index is 2.05. The molecule has 0 atom stereocenters. The van der Waals surface area contributed by atoms with Gasteiger partial charge in [-0.3, -0.25) is 0 Å². The van der Waals surface area contributed by atoms with Gasteiger partial charge in [-0.1, -0.05) is 48.9 Å². The molecule has 0 unspecified atom stereocenters. The largest absolute Gasteiger partial charge is 0.0616 e. The lowest BCUT2D eigenvalue weighted by Crippen LogP contribution is -2.10. The van der Waals surface area contributed by atoms with Crippen molar-refractivity contribution in [3.63, 3.8) is 0 Å². The van der Waals surface area contributed by atoms with Crippen molar-refractivity contribution in [3.05, 3.63) is 66.1 Å². The van der Waals surface area contributed by atoms with Gasteiger partial charge in [0.1, 0.15) is 0 Å². The van der Waals surface area contributed by atoms with Crippen molar-refractivity contribution in [2.45, 2.75) is 19.3 Å². The van der Waals surface area contributed by atoms with E-state index in [4.69, 9.17) is 0 Å². The Bertz CT molecular complexity index is 720. The van der Waals surface area contributed by atoms with Gasteiger partial charge in [-0.2, -0.15) is 0 Å². The zero-order chi connectivity index (χ0) is 11.9. The number of benzene rings is 3. The highest BCUT2D eigenvalue weighted by molar-refractivity contribution is 6.00. The molecule has 0 aliphatic heterocycles. The third-order valence-electron chi connectivity index (χ3n) is 4.08. The van der Waals surface area contributed by atoms with Gasteiger partial charge in [-0.15, -0.1) is 0 Å². The molecule has 18 heavy (non-hydrogen) atoms. The molecule has 0 nitrogen and oxygen atoms in total. The predicted molar refractivity (Wildman–Crippen MR) is 77.7 cm³/mol. The maximum atomic E-state index is 2.35. The van der Waals surface area contributed by atoms with Crippen molar-refractivity contribution >= 4 is 21.5 Å². The molecule has 0 N–H and O–H groups in total. The van der Waals surface area contributed by atoms with Gasteiger partial charge in [0.05, 0.1) is 0 Å². The summed E-state index contributed by atoms with van der Waals surface area (Å²) >= 11 is 0. The smallest absolute Gasteiger partial charge is 0.00562 e. The number of rotatable bonds is 1. The van der Waals surface area contributed by atoms with E-state index in [1.165, 1.54) is 46.4 Å². The van der Waals surface area contributed by atoms with Crippen molar-refractivity contribution in [2.75, 3.05) is 0 Å². The fraction of sp³-hybridized carbons (Fsp3) is 0.167. The first-order chi connectivity index (χ1) is 8.92. The number of fused-ring (bicyclic) bond motifs is 2. The molecule has 1 aliphatic rings. The van der Waals surface area contributed by atoms with Crippen LogP contribution in [-0.4, -0.2) is 0 Å². The molecule has 3 aromatic rings. The minimum Gasteiger partial charge on any atom is -0.0616 e. The second-order valence-electron chi connectivity index (χ2n) is 5.18. The van der Waals surface area contributed by atoms with Gasteiger partial charge in [0.15, 0.2) is 0 Å². The highest BCUT2D eigenvalue weighted by Crippen LogP contribution is 2.39. The average Bonchev–Trinajstić information content (AvgIpc) is 2.35. The molecule has 87 valence electrons. The Morgan fingerprint density at radius 3 is 2.11 bits per heavy atom. The normalized spacial score (nSPS) is 16.0. The minimum absolute atomic E-state index is 1.28. The lowest BCUT2D eigenvalue weighted by atomic mass is 9.78. The molecule has 1 aliphatic carbocycles. The summed E-state index contributed by atoms with van der Waals surface area (Å²) in [6.45, 7) is 0. The second kappa shape index (κ2) is 3.84. The van der Waals surface area contributed by atoms with Crippen LogP contribution in [0.3, 0.4) is 0 Å².